The first-order valence-corrected chi connectivity index (χ1v) is 11.2. The smallest absolute Gasteiger partial charge is 0.336 e. The van der Waals surface area contributed by atoms with Crippen LogP contribution in [-0.4, -0.2) is 25.0 Å². The Kier molecular flexibility index (Phi) is 6.56. The van der Waals surface area contributed by atoms with Gasteiger partial charge in [0.25, 0.3) is 0 Å². The van der Waals surface area contributed by atoms with Gasteiger partial charge in [0.05, 0.1) is 5.57 Å². The van der Waals surface area contributed by atoms with Crippen LogP contribution in [0.1, 0.15) is 37.7 Å². The average molecular weight is 482 g/mol. The topological polar surface area (TPSA) is 64.6 Å². The summed E-state index contributed by atoms with van der Waals surface area (Å²) in [5.41, 5.74) is 3.72. The van der Waals surface area contributed by atoms with Gasteiger partial charge in [-0.15, -0.1) is 0 Å². The molecule has 2 aromatic rings. The molecule has 31 heavy (non-hydrogen) atoms. The van der Waals surface area contributed by atoms with Gasteiger partial charge in [-0.1, -0.05) is 46.3 Å². The second kappa shape index (κ2) is 9.52. The van der Waals surface area contributed by atoms with Crippen molar-refractivity contribution in [1.29, 1.82) is 0 Å². The standard InChI is InChI=1S/C25H24BrNO4/c1-16-22(25(29)31-15-14-30-19-6-3-2-4-7-19)23(17-10-12-18(26)13-11-17)24-20(27-16)8-5-9-21(24)28/h2-4,6-7,10-13,23,27H,5,8-9,14-15H2,1H3/t23-/m1/s1. The first-order chi connectivity index (χ1) is 15.0. The first-order valence-electron chi connectivity index (χ1n) is 10.4. The van der Waals surface area contributed by atoms with Crippen LogP contribution in [-0.2, 0) is 14.3 Å². The van der Waals surface area contributed by atoms with Gasteiger partial charge in [-0.2, -0.15) is 0 Å². The van der Waals surface area contributed by atoms with Crippen LogP contribution >= 0.6 is 15.9 Å². The van der Waals surface area contributed by atoms with E-state index >= 15 is 0 Å². The molecule has 1 aliphatic carbocycles. The number of carbonyl (C=O) groups is 2. The fourth-order valence-corrected chi connectivity index (χ4v) is 4.40. The van der Waals surface area contributed by atoms with E-state index in [4.69, 9.17) is 9.47 Å². The van der Waals surface area contributed by atoms with E-state index in [0.29, 0.717) is 17.6 Å². The summed E-state index contributed by atoms with van der Waals surface area (Å²) in [7, 11) is 0. The molecule has 2 aromatic carbocycles. The molecule has 2 aliphatic rings. The third-order valence-corrected chi connectivity index (χ3v) is 6.06. The zero-order valence-electron chi connectivity index (χ0n) is 17.3. The fraction of sp³-hybridized carbons (Fsp3) is 0.280. The SMILES string of the molecule is CC1=C(C(=O)OCCOc2ccccc2)[C@@H](c2ccc(Br)cc2)C2=C(CCCC2=O)N1. The van der Waals surface area contributed by atoms with Crippen LogP contribution in [0.5, 0.6) is 5.75 Å². The highest BCUT2D eigenvalue weighted by Crippen LogP contribution is 2.42. The van der Waals surface area contributed by atoms with Crippen molar-refractivity contribution in [3.63, 3.8) is 0 Å². The predicted molar refractivity (Wildman–Crippen MR) is 121 cm³/mol. The zero-order chi connectivity index (χ0) is 21.8. The van der Waals surface area contributed by atoms with Gasteiger partial charge in [-0.3, -0.25) is 4.79 Å². The lowest BCUT2D eigenvalue weighted by molar-refractivity contribution is -0.140. The Morgan fingerprint density at radius 3 is 2.55 bits per heavy atom. The number of ketones is 1. The maximum absolute atomic E-state index is 13.1. The number of carbonyl (C=O) groups excluding carboxylic acids is 2. The summed E-state index contributed by atoms with van der Waals surface area (Å²) in [6, 6.07) is 17.1. The van der Waals surface area contributed by atoms with E-state index in [1.54, 1.807) is 0 Å². The van der Waals surface area contributed by atoms with Crippen molar-refractivity contribution in [2.45, 2.75) is 32.1 Å². The maximum atomic E-state index is 13.1. The van der Waals surface area contributed by atoms with Crippen molar-refractivity contribution in [3.05, 3.63) is 87.2 Å². The molecule has 6 heteroatoms. The largest absolute Gasteiger partial charge is 0.490 e. The quantitative estimate of drug-likeness (QED) is 0.462. The number of ether oxygens (including phenoxy) is 2. The second-order valence-electron chi connectivity index (χ2n) is 7.61. The van der Waals surface area contributed by atoms with Crippen molar-refractivity contribution in [3.8, 4) is 5.75 Å². The molecule has 0 aromatic heterocycles. The molecule has 0 bridgehead atoms. The Bertz CT molecular complexity index is 1040. The van der Waals surface area contributed by atoms with E-state index in [1.807, 2.05) is 61.5 Å². The van der Waals surface area contributed by atoms with E-state index < -0.39 is 11.9 Å². The molecule has 4 rings (SSSR count). The van der Waals surface area contributed by atoms with E-state index in [9.17, 15) is 9.59 Å². The Balaban J connectivity index is 1.55. The molecule has 0 unspecified atom stereocenters. The van der Waals surface area contributed by atoms with Crippen LogP contribution < -0.4 is 10.1 Å². The van der Waals surface area contributed by atoms with E-state index in [0.717, 1.165) is 40.0 Å². The van der Waals surface area contributed by atoms with Crippen LogP contribution in [0.2, 0.25) is 0 Å². The third kappa shape index (κ3) is 4.74. The van der Waals surface area contributed by atoms with Crippen molar-refractivity contribution >= 4 is 27.7 Å². The van der Waals surface area contributed by atoms with E-state index in [-0.39, 0.29) is 19.0 Å². The summed E-state index contributed by atoms with van der Waals surface area (Å²) in [6.45, 7) is 2.24. The van der Waals surface area contributed by atoms with Crippen LogP contribution in [0.25, 0.3) is 0 Å². The number of dihydropyridines is 1. The Hall–Kier alpha value is -2.86. The Labute approximate surface area is 190 Å². The second-order valence-corrected chi connectivity index (χ2v) is 8.53. The number of benzene rings is 2. The minimum atomic E-state index is -0.431. The fourth-order valence-electron chi connectivity index (χ4n) is 4.13. The summed E-state index contributed by atoms with van der Waals surface area (Å²) >= 11 is 3.46. The Morgan fingerprint density at radius 1 is 1.06 bits per heavy atom. The Morgan fingerprint density at radius 2 is 1.81 bits per heavy atom. The van der Waals surface area contributed by atoms with Gasteiger partial charge in [0, 0.05) is 33.8 Å². The predicted octanol–water partition coefficient (Wildman–Crippen LogP) is 5.04. The monoisotopic (exact) mass is 481 g/mol. The molecule has 1 heterocycles. The lowest BCUT2D eigenvalue weighted by Gasteiger charge is -2.34. The van der Waals surface area contributed by atoms with Gasteiger partial charge < -0.3 is 14.8 Å². The number of Topliss-reactive ketones (excluding diaryl/α,β-unsaturated/α-hetero) is 1. The number of hydrogen-bond donors (Lipinski definition) is 1. The van der Waals surface area contributed by atoms with E-state index in [2.05, 4.69) is 21.2 Å². The van der Waals surface area contributed by atoms with Crippen LogP contribution in [0.15, 0.2) is 81.6 Å². The lowest BCUT2D eigenvalue weighted by Crippen LogP contribution is -2.34. The van der Waals surface area contributed by atoms with Crippen molar-refractivity contribution < 1.29 is 19.1 Å². The molecule has 0 spiro atoms. The summed E-state index contributed by atoms with van der Waals surface area (Å²) < 4.78 is 12.1. The minimum Gasteiger partial charge on any atom is -0.490 e. The number of nitrogens with one attached hydrogen (secondary N) is 1. The normalized spacial score (nSPS) is 18.4. The summed E-state index contributed by atoms with van der Waals surface area (Å²) in [4.78, 5) is 26.0. The van der Waals surface area contributed by atoms with Gasteiger partial charge in [-0.05, 0) is 49.6 Å². The molecule has 0 amide bonds. The molecule has 0 radical (unpaired) electrons. The summed E-state index contributed by atoms with van der Waals surface area (Å²) in [5.74, 6) is -0.0466. The van der Waals surface area contributed by atoms with Crippen molar-refractivity contribution in [2.24, 2.45) is 0 Å². The number of esters is 1. The number of halogens is 1. The molecular weight excluding hydrogens is 458 g/mol. The first kappa shape index (κ1) is 21.4. The van der Waals surface area contributed by atoms with Crippen LogP contribution in [0.4, 0.5) is 0 Å². The summed E-state index contributed by atoms with van der Waals surface area (Å²) in [6.07, 6.45) is 2.13. The van der Waals surface area contributed by atoms with Gasteiger partial charge in [0.15, 0.2) is 5.78 Å². The summed E-state index contributed by atoms with van der Waals surface area (Å²) in [5, 5.41) is 3.30. The van der Waals surface area contributed by atoms with Crippen LogP contribution in [0, 0.1) is 0 Å². The molecule has 5 nitrogen and oxygen atoms in total. The molecule has 0 saturated heterocycles. The third-order valence-electron chi connectivity index (χ3n) is 5.53. The zero-order valence-corrected chi connectivity index (χ0v) is 18.9. The molecule has 0 fully saturated rings. The number of rotatable bonds is 6. The van der Waals surface area contributed by atoms with E-state index in [1.165, 1.54) is 0 Å². The number of allylic oxidation sites excluding steroid dienone is 3. The molecule has 0 saturated carbocycles. The van der Waals surface area contributed by atoms with Crippen molar-refractivity contribution in [1.82, 2.24) is 5.32 Å². The highest BCUT2D eigenvalue weighted by atomic mass is 79.9. The number of para-hydroxylation sites is 1. The van der Waals surface area contributed by atoms with Crippen LogP contribution in [0.3, 0.4) is 0 Å². The highest BCUT2D eigenvalue weighted by Gasteiger charge is 2.39. The number of hydrogen-bond acceptors (Lipinski definition) is 5. The maximum Gasteiger partial charge on any atom is 0.336 e. The van der Waals surface area contributed by atoms with Gasteiger partial charge in [0.1, 0.15) is 19.0 Å². The molecule has 160 valence electrons. The molecule has 1 atom stereocenters. The average Bonchev–Trinajstić information content (AvgIpc) is 2.77. The molecule has 1 N–H and O–H groups in total. The highest BCUT2D eigenvalue weighted by molar-refractivity contribution is 9.10. The minimum absolute atomic E-state index is 0.0897. The van der Waals surface area contributed by atoms with Crippen molar-refractivity contribution in [2.75, 3.05) is 13.2 Å². The molecular formula is C25H24BrNO4. The van der Waals surface area contributed by atoms with Gasteiger partial charge in [-0.25, -0.2) is 4.79 Å². The molecule has 1 aliphatic heterocycles. The van der Waals surface area contributed by atoms with Gasteiger partial charge in [0.2, 0.25) is 0 Å². The van der Waals surface area contributed by atoms with Gasteiger partial charge >= 0.3 is 5.97 Å². The lowest BCUT2D eigenvalue weighted by atomic mass is 9.75.